The lowest BCUT2D eigenvalue weighted by atomic mass is 10.1. The fourth-order valence-electron chi connectivity index (χ4n) is 2.00. The molecule has 6 heteroatoms. The van der Waals surface area contributed by atoms with Gasteiger partial charge in [-0.1, -0.05) is 11.8 Å². The number of benzene rings is 1. The first-order chi connectivity index (χ1) is 10.1. The second-order valence-electron chi connectivity index (χ2n) is 4.61. The van der Waals surface area contributed by atoms with Crippen LogP contribution in [0.3, 0.4) is 0 Å². The summed E-state index contributed by atoms with van der Waals surface area (Å²) in [6, 6.07) is 4.23. The molecular formula is C15H16FNO3S. The van der Waals surface area contributed by atoms with Gasteiger partial charge in [-0.2, -0.15) is 0 Å². The zero-order valence-electron chi connectivity index (χ0n) is 11.5. The molecule has 0 bridgehead atoms. The van der Waals surface area contributed by atoms with E-state index in [2.05, 4.69) is 11.8 Å². The number of rotatable bonds is 2. The number of nitrogens with zero attached hydrogens (tertiary/aromatic N) is 1. The number of hydrogen-bond acceptors (Lipinski definition) is 3. The van der Waals surface area contributed by atoms with Crippen LogP contribution in [0.1, 0.15) is 22.3 Å². The van der Waals surface area contributed by atoms with Crippen LogP contribution in [0.25, 0.3) is 0 Å². The summed E-state index contributed by atoms with van der Waals surface area (Å²) in [6.45, 7) is 0.744. The van der Waals surface area contributed by atoms with Crippen LogP contribution < -0.4 is 0 Å². The quantitative estimate of drug-likeness (QED) is 0.821. The number of aliphatic hydroxyl groups excluding tert-OH is 1. The van der Waals surface area contributed by atoms with Gasteiger partial charge in [0.25, 0.3) is 5.91 Å². The van der Waals surface area contributed by atoms with Crippen molar-refractivity contribution in [3.05, 3.63) is 35.1 Å². The number of carbonyl (C=O) groups excluding carboxylic acids is 1. The molecule has 4 nitrogen and oxygen atoms in total. The van der Waals surface area contributed by atoms with Crippen molar-refractivity contribution in [2.24, 2.45) is 0 Å². The maximum atomic E-state index is 14.0. The molecule has 1 fully saturated rings. The Morgan fingerprint density at radius 1 is 1.38 bits per heavy atom. The van der Waals surface area contributed by atoms with E-state index in [4.69, 9.17) is 5.11 Å². The molecule has 1 aromatic rings. The molecular weight excluding hydrogens is 293 g/mol. The zero-order chi connectivity index (χ0) is 15.2. The van der Waals surface area contributed by atoms with Gasteiger partial charge in [-0.05, 0) is 18.2 Å². The van der Waals surface area contributed by atoms with Gasteiger partial charge in [0.15, 0.2) is 0 Å². The number of halogens is 1. The number of amides is 1. The van der Waals surface area contributed by atoms with E-state index in [1.54, 1.807) is 6.07 Å². The molecule has 0 saturated carbocycles. The Balaban J connectivity index is 2.12. The van der Waals surface area contributed by atoms with Crippen molar-refractivity contribution in [2.75, 3.05) is 31.2 Å². The van der Waals surface area contributed by atoms with Crippen molar-refractivity contribution in [2.45, 2.75) is 6.42 Å². The molecule has 1 aliphatic heterocycles. The standard InChI is InChI=1S/C15H16FNO3S/c16-14-11-12(3-1-2-8-18)4-5-13(14)15(19)17-6-9-21(20)10-7-17/h4-5,11,18H,2,6-10H2. The lowest BCUT2D eigenvalue weighted by Gasteiger charge is -2.26. The second kappa shape index (κ2) is 7.34. The minimum absolute atomic E-state index is 0.00962. The summed E-state index contributed by atoms with van der Waals surface area (Å²) in [6.07, 6.45) is 0.327. The second-order valence-corrected chi connectivity index (χ2v) is 6.31. The van der Waals surface area contributed by atoms with Crippen molar-refractivity contribution in [1.82, 2.24) is 4.90 Å². The summed E-state index contributed by atoms with van der Waals surface area (Å²) < 4.78 is 25.3. The predicted molar refractivity (Wildman–Crippen MR) is 78.8 cm³/mol. The Labute approximate surface area is 125 Å². The highest BCUT2D eigenvalue weighted by Crippen LogP contribution is 2.14. The van der Waals surface area contributed by atoms with E-state index >= 15 is 0 Å². The minimum Gasteiger partial charge on any atom is -0.395 e. The Bertz CT molecular complexity index is 611. The molecule has 0 unspecified atom stereocenters. The highest BCUT2D eigenvalue weighted by atomic mass is 32.2. The van der Waals surface area contributed by atoms with E-state index in [1.165, 1.54) is 17.0 Å². The zero-order valence-corrected chi connectivity index (χ0v) is 12.3. The fourth-order valence-corrected chi connectivity index (χ4v) is 3.05. The molecule has 1 saturated heterocycles. The van der Waals surface area contributed by atoms with Crippen molar-refractivity contribution in [1.29, 1.82) is 0 Å². The van der Waals surface area contributed by atoms with Gasteiger partial charge in [0.05, 0.1) is 12.2 Å². The third-order valence-electron chi connectivity index (χ3n) is 3.13. The Morgan fingerprint density at radius 3 is 2.71 bits per heavy atom. The van der Waals surface area contributed by atoms with Crippen LogP contribution in [0, 0.1) is 17.7 Å². The first kappa shape index (κ1) is 15.7. The van der Waals surface area contributed by atoms with Crippen LogP contribution in [0.4, 0.5) is 4.39 Å². The van der Waals surface area contributed by atoms with Crippen molar-refractivity contribution >= 4 is 16.7 Å². The lowest BCUT2D eigenvalue weighted by Crippen LogP contribution is -2.42. The van der Waals surface area contributed by atoms with Crippen LogP contribution >= 0.6 is 0 Å². The molecule has 2 rings (SSSR count). The molecule has 112 valence electrons. The topological polar surface area (TPSA) is 57.6 Å². The van der Waals surface area contributed by atoms with Gasteiger partial charge >= 0.3 is 0 Å². The third kappa shape index (κ3) is 4.13. The SMILES string of the molecule is O=C(c1ccc(C#CCCO)cc1F)N1CCS(=O)CC1. The van der Waals surface area contributed by atoms with Gasteiger partial charge in [0.1, 0.15) is 5.82 Å². The van der Waals surface area contributed by atoms with Gasteiger partial charge in [-0.25, -0.2) is 4.39 Å². The van der Waals surface area contributed by atoms with Crippen LogP contribution in [-0.4, -0.2) is 51.3 Å². The van der Waals surface area contributed by atoms with Gasteiger partial charge in [-0.3, -0.25) is 9.00 Å². The summed E-state index contributed by atoms with van der Waals surface area (Å²) in [5, 5.41) is 8.63. The number of carbonyl (C=O) groups is 1. The summed E-state index contributed by atoms with van der Waals surface area (Å²) >= 11 is 0. The molecule has 0 aliphatic carbocycles. The van der Waals surface area contributed by atoms with Crippen LogP contribution in [0.5, 0.6) is 0 Å². The normalized spacial score (nSPS) is 15.4. The van der Waals surface area contributed by atoms with Crippen LogP contribution in [0.15, 0.2) is 18.2 Å². The monoisotopic (exact) mass is 309 g/mol. The smallest absolute Gasteiger partial charge is 0.256 e. The molecule has 1 amide bonds. The third-order valence-corrected chi connectivity index (χ3v) is 4.41. The predicted octanol–water partition coefficient (Wildman–Crippen LogP) is 0.764. The van der Waals surface area contributed by atoms with E-state index in [-0.39, 0.29) is 18.1 Å². The molecule has 21 heavy (non-hydrogen) atoms. The maximum absolute atomic E-state index is 14.0. The lowest BCUT2D eigenvalue weighted by molar-refractivity contribution is 0.0766. The van der Waals surface area contributed by atoms with Crippen molar-refractivity contribution < 1.29 is 18.5 Å². The van der Waals surface area contributed by atoms with Gasteiger partial charge in [-0.15, -0.1) is 0 Å². The maximum Gasteiger partial charge on any atom is 0.256 e. The first-order valence-electron chi connectivity index (χ1n) is 6.65. The highest BCUT2D eigenvalue weighted by molar-refractivity contribution is 7.85. The first-order valence-corrected chi connectivity index (χ1v) is 8.14. The summed E-state index contributed by atoms with van der Waals surface area (Å²) in [5.74, 6) is 5.32. The summed E-state index contributed by atoms with van der Waals surface area (Å²) in [5.41, 5.74) is 0.479. The molecule has 1 N–H and O–H groups in total. The van der Waals surface area contributed by atoms with Crippen LogP contribution in [0.2, 0.25) is 0 Å². The molecule has 1 heterocycles. The molecule has 1 aliphatic rings. The highest BCUT2D eigenvalue weighted by Gasteiger charge is 2.23. The average Bonchev–Trinajstić information content (AvgIpc) is 2.48. The average molecular weight is 309 g/mol. The van der Waals surface area contributed by atoms with Crippen molar-refractivity contribution in [3.8, 4) is 11.8 Å². The fraction of sp³-hybridized carbons (Fsp3) is 0.400. The summed E-state index contributed by atoms with van der Waals surface area (Å²) in [4.78, 5) is 13.7. The Kier molecular flexibility index (Phi) is 5.48. The van der Waals surface area contributed by atoms with Crippen molar-refractivity contribution in [3.63, 3.8) is 0 Å². The van der Waals surface area contributed by atoms with Crippen LogP contribution in [-0.2, 0) is 10.8 Å². The summed E-state index contributed by atoms with van der Waals surface area (Å²) in [7, 11) is -0.874. The van der Waals surface area contributed by atoms with Gasteiger partial charge < -0.3 is 10.0 Å². The number of hydrogen-bond donors (Lipinski definition) is 1. The molecule has 0 radical (unpaired) electrons. The molecule has 0 aromatic heterocycles. The van der Waals surface area contributed by atoms with E-state index in [1.807, 2.05) is 0 Å². The Morgan fingerprint density at radius 2 is 2.10 bits per heavy atom. The van der Waals surface area contributed by atoms with E-state index in [0.717, 1.165) is 0 Å². The largest absolute Gasteiger partial charge is 0.395 e. The molecule has 1 aromatic carbocycles. The molecule has 0 spiro atoms. The van der Waals surface area contributed by atoms with Gasteiger partial charge in [0, 0.05) is 47.4 Å². The minimum atomic E-state index is -0.874. The van der Waals surface area contributed by atoms with E-state index in [0.29, 0.717) is 36.6 Å². The Hall–Kier alpha value is -1.71. The van der Waals surface area contributed by atoms with Gasteiger partial charge in [0.2, 0.25) is 0 Å². The van der Waals surface area contributed by atoms with E-state index < -0.39 is 16.6 Å². The van der Waals surface area contributed by atoms with E-state index in [9.17, 15) is 13.4 Å². The number of aliphatic hydroxyl groups is 1. The molecule has 0 atom stereocenters.